The summed E-state index contributed by atoms with van der Waals surface area (Å²) in [5.74, 6) is 0.945. The van der Waals surface area contributed by atoms with Crippen molar-refractivity contribution in [2.24, 2.45) is 0 Å². The van der Waals surface area contributed by atoms with E-state index in [0.717, 1.165) is 10.4 Å². The Balaban J connectivity index is 2.02. The van der Waals surface area contributed by atoms with Crippen molar-refractivity contribution in [3.63, 3.8) is 0 Å². The summed E-state index contributed by atoms with van der Waals surface area (Å²) < 4.78 is 6.33. The summed E-state index contributed by atoms with van der Waals surface area (Å²) in [6.45, 7) is 6.37. The second kappa shape index (κ2) is 5.72. The van der Waals surface area contributed by atoms with Crippen LogP contribution in [0.25, 0.3) is 0 Å². The quantitative estimate of drug-likeness (QED) is 0.880. The molecule has 2 rings (SSSR count). The summed E-state index contributed by atoms with van der Waals surface area (Å²) in [6.07, 6.45) is 0. The fourth-order valence-electron chi connectivity index (χ4n) is 1.97. The minimum Gasteiger partial charge on any atom is -0.453 e. The van der Waals surface area contributed by atoms with Gasteiger partial charge in [0.2, 0.25) is 0 Å². The number of halogens is 1. The van der Waals surface area contributed by atoms with Crippen molar-refractivity contribution in [3.8, 4) is 0 Å². The van der Waals surface area contributed by atoms with Gasteiger partial charge in [-0.15, -0.1) is 0 Å². The van der Waals surface area contributed by atoms with Crippen molar-refractivity contribution in [3.05, 3.63) is 58.0 Å². The van der Waals surface area contributed by atoms with E-state index in [2.05, 4.69) is 66.3 Å². The predicted molar refractivity (Wildman–Crippen MR) is 77.6 cm³/mol. The van der Waals surface area contributed by atoms with Crippen LogP contribution in [-0.4, -0.2) is 0 Å². The lowest BCUT2D eigenvalue weighted by atomic mass is 10.1. The Hall–Kier alpha value is -1.06. The Kier molecular flexibility index (Phi) is 4.25. The number of hydrogen-bond acceptors (Lipinski definition) is 2. The molecule has 1 aromatic carbocycles. The van der Waals surface area contributed by atoms with Crippen molar-refractivity contribution >= 4 is 15.9 Å². The molecule has 2 aromatic rings. The van der Waals surface area contributed by atoms with Crippen molar-refractivity contribution < 1.29 is 4.42 Å². The molecule has 2 unspecified atom stereocenters. The SMILES string of the molecule is Cc1ccc(C(C)NC(C)c2ccc(Br)o2)cc1. The maximum Gasteiger partial charge on any atom is 0.169 e. The highest BCUT2D eigenvalue weighted by molar-refractivity contribution is 9.10. The van der Waals surface area contributed by atoms with E-state index < -0.39 is 0 Å². The van der Waals surface area contributed by atoms with Crippen LogP contribution in [0.3, 0.4) is 0 Å². The maximum atomic E-state index is 5.56. The molecule has 0 fully saturated rings. The van der Waals surface area contributed by atoms with Crippen molar-refractivity contribution in [1.82, 2.24) is 5.32 Å². The Labute approximate surface area is 117 Å². The monoisotopic (exact) mass is 307 g/mol. The fraction of sp³-hybridized carbons (Fsp3) is 0.333. The van der Waals surface area contributed by atoms with E-state index in [9.17, 15) is 0 Å². The van der Waals surface area contributed by atoms with Crippen LogP contribution in [0.15, 0.2) is 45.5 Å². The average Bonchev–Trinajstić information content (AvgIpc) is 2.76. The Morgan fingerprint density at radius 2 is 1.67 bits per heavy atom. The van der Waals surface area contributed by atoms with Gasteiger partial charge in [0, 0.05) is 6.04 Å². The summed E-state index contributed by atoms with van der Waals surface area (Å²) in [5.41, 5.74) is 2.58. The van der Waals surface area contributed by atoms with E-state index in [1.165, 1.54) is 11.1 Å². The van der Waals surface area contributed by atoms with Gasteiger partial charge in [0.1, 0.15) is 5.76 Å². The Bertz CT molecular complexity index is 503. The molecule has 0 aliphatic rings. The molecule has 0 radical (unpaired) electrons. The number of aryl methyl sites for hydroxylation is 1. The molecule has 0 saturated carbocycles. The molecule has 2 atom stereocenters. The van der Waals surface area contributed by atoms with Gasteiger partial charge >= 0.3 is 0 Å². The third-order valence-corrected chi connectivity index (χ3v) is 3.52. The molecule has 0 spiro atoms. The number of nitrogens with one attached hydrogen (secondary N) is 1. The molecule has 1 aromatic heterocycles. The topological polar surface area (TPSA) is 25.2 Å². The minimum absolute atomic E-state index is 0.188. The summed E-state index contributed by atoms with van der Waals surface area (Å²) >= 11 is 3.33. The average molecular weight is 308 g/mol. The zero-order valence-electron chi connectivity index (χ0n) is 10.9. The van der Waals surface area contributed by atoms with Gasteiger partial charge in [-0.1, -0.05) is 29.8 Å². The van der Waals surface area contributed by atoms with Gasteiger partial charge in [-0.3, -0.25) is 0 Å². The van der Waals surface area contributed by atoms with Crippen LogP contribution >= 0.6 is 15.9 Å². The van der Waals surface area contributed by atoms with Crippen LogP contribution in [0.2, 0.25) is 0 Å². The molecule has 3 heteroatoms. The van der Waals surface area contributed by atoms with E-state index in [1.54, 1.807) is 0 Å². The highest BCUT2D eigenvalue weighted by atomic mass is 79.9. The molecule has 0 aliphatic carbocycles. The number of rotatable bonds is 4. The van der Waals surface area contributed by atoms with Gasteiger partial charge in [-0.2, -0.15) is 0 Å². The second-order valence-electron chi connectivity index (χ2n) is 4.66. The highest BCUT2D eigenvalue weighted by Crippen LogP contribution is 2.23. The van der Waals surface area contributed by atoms with Crippen LogP contribution in [0.4, 0.5) is 0 Å². The lowest BCUT2D eigenvalue weighted by molar-refractivity contribution is 0.394. The molecule has 0 bridgehead atoms. The van der Waals surface area contributed by atoms with Crippen LogP contribution in [0, 0.1) is 6.92 Å². The zero-order valence-corrected chi connectivity index (χ0v) is 12.5. The zero-order chi connectivity index (χ0) is 13.1. The molecule has 0 aliphatic heterocycles. The first-order valence-electron chi connectivity index (χ1n) is 6.14. The third kappa shape index (κ3) is 3.24. The minimum atomic E-state index is 0.188. The molecule has 2 nitrogen and oxygen atoms in total. The van der Waals surface area contributed by atoms with Crippen LogP contribution in [0.1, 0.15) is 42.8 Å². The first-order valence-corrected chi connectivity index (χ1v) is 6.93. The van der Waals surface area contributed by atoms with E-state index in [4.69, 9.17) is 4.42 Å². The lowest BCUT2D eigenvalue weighted by Gasteiger charge is -2.19. The third-order valence-electron chi connectivity index (χ3n) is 3.10. The summed E-state index contributed by atoms with van der Waals surface area (Å²) in [6, 6.07) is 13.0. The summed E-state index contributed by atoms with van der Waals surface area (Å²) in [4.78, 5) is 0. The van der Waals surface area contributed by atoms with E-state index >= 15 is 0 Å². The first kappa shape index (κ1) is 13.4. The van der Waals surface area contributed by atoms with Crippen LogP contribution in [0.5, 0.6) is 0 Å². The van der Waals surface area contributed by atoms with Gasteiger partial charge in [0.15, 0.2) is 4.67 Å². The molecular formula is C15H18BrNO. The number of furan rings is 1. The van der Waals surface area contributed by atoms with Gasteiger partial charge < -0.3 is 9.73 Å². The van der Waals surface area contributed by atoms with Gasteiger partial charge in [-0.05, 0) is 54.4 Å². The smallest absolute Gasteiger partial charge is 0.169 e. The standard InChI is InChI=1S/C15H18BrNO/c1-10-4-6-13(7-5-10)11(2)17-12(3)14-8-9-15(16)18-14/h4-9,11-12,17H,1-3H3. The van der Waals surface area contributed by atoms with Crippen molar-refractivity contribution in [1.29, 1.82) is 0 Å². The van der Waals surface area contributed by atoms with Crippen molar-refractivity contribution in [2.75, 3.05) is 0 Å². The predicted octanol–water partition coefficient (Wildman–Crippen LogP) is 4.76. The van der Waals surface area contributed by atoms with Gasteiger partial charge in [-0.25, -0.2) is 0 Å². The fourth-order valence-corrected chi connectivity index (χ4v) is 2.29. The summed E-state index contributed by atoms with van der Waals surface area (Å²) in [5, 5.41) is 3.53. The van der Waals surface area contributed by atoms with Gasteiger partial charge in [0.05, 0.1) is 6.04 Å². The second-order valence-corrected chi connectivity index (χ2v) is 5.44. The highest BCUT2D eigenvalue weighted by Gasteiger charge is 2.13. The molecule has 1 heterocycles. The molecule has 96 valence electrons. The molecule has 0 amide bonds. The molecule has 1 N–H and O–H groups in total. The lowest BCUT2D eigenvalue weighted by Crippen LogP contribution is -2.22. The first-order chi connectivity index (χ1) is 8.56. The molecular weight excluding hydrogens is 290 g/mol. The van der Waals surface area contributed by atoms with E-state index in [1.807, 2.05) is 12.1 Å². The molecule has 18 heavy (non-hydrogen) atoms. The number of hydrogen-bond donors (Lipinski definition) is 1. The van der Waals surface area contributed by atoms with Crippen LogP contribution in [-0.2, 0) is 0 Å². The molecule has 0 saturated heterocycles. The van der Waals surface area contributed by atoms with Crippen molar-refractivity contribution in [2.45, 2.75) is 32.9 Å². The Morgan fingerprint density at radius 1 is 1.00 bits per heavy atom. The van der Waals surface area contributed by atoms with Gasteiger partial charge in [0.25, 0.3) is 0 Å². The maximum absolute atomic E-state index is 5.56. The van der Waals surface area contributed by atoms with E-state index in [0.29, 0.717) is 6.04 Å². The van der Waals surface area contributed by atoms with E-state index in [-0.39, 0.29) is 6.04 Å². The Morgan fingerprint density at radius 3 is 2.22 bits per heavy atom. The summed E-state index contributed by atoms with van der Waals surface area (Å²) in [7, 11) is 0. The van der Waals surface area contributed by atoms with Crippen LogP contribution < -0.4 is 5.32 Å². The normalized spacial score (nSPS) is 14.4. The largest absolute Gasteiger partial charge is 0.453 e. The number of benzene rings is 1.